The SMILES string of the molecule is CCC(CNc1nc2ccccc2cc1C#N)C(=O)O. The number of nitrogens with zero attached hydrogens (tertiary/aromatic N) is 2. The summed E-state index contributed by atoms with van der Waals surface area (Å²) in [5.41, 5.74) is 1.20. The first-order chi connectivity index (χ1) is 9.65. The monoisotopic (exact) mass is 269 g/mol. The Morgan fingerprint density at radius 2 is 2.25 bits per heavy atom. The summed E-state index contributed by atoms with van der Waals surface area (Å²) in [6.45, 7) is 2.07. The van der Waals surface area contributed by atoms with Crippen molar-refractivity contribution in [2.45, 2.75) is 13.3 Å². The van der Waals surface area contributed by atoms with E-state index in [4.69, 9.17) is 10.4 Å². The van der Waals surface area contributed by atoms with E-state index in [1.54, 1.807) is 6.07 Å². The first-order valence-electron chi connectivity index (χ1n) is 6.42. The van der Waals surface area contributed by atoms with Crippen LogP contribution >= 0.6 is 0 Å². The van der Waals surface area contributed by atoms with Crippen molar-refractivity contribution in [3.8, 4) is 6.07 Å². The van der Waals surface area contributed by atoms with Crippen LogP contribution in [0.4, 0.5) is 5.82 Å². The number of aliphatic carboxylic acids is 1. The molecule has 0 saturated carbocycles. The number of carboxylic acid groups (broad SMARTS) is 1. The maximum absolute atomic E-state index is 11.0. The predicted octanol–water partition coefficient (Wildman–Crippen LogP) is 2.63. The van der Waals surface area contributed by atoms with Crippen molar-refractivity contribution in [3.63, 3.8) is 0 Å². The number of rotatable bonds is 5. The number of benzene rings is 1. The lowest BCUT2D eigenvalue weighted by atomic mass is 10.1. The molecule has 20 heavy (non-hydrogen) atoms. The minimum Gasteiger partial charge on any atom is -0.481 e. The lowest BCUT2D eigenvalue weighted by Crippen LogP contribution is -2.22. The summed E-state index contributed by atoms with van der Waals surface area (Å²) in [5, 5.41) is 22.1. The number of nitriles is 1. The average Bonchev–Trinajstić information content (AvgIpc) is 2.46. The highest BCUT2D eigenvalue weighted by Crippen LogP contribution is 2.20. The molecule has 0 fully saturated rings. The Hall–Kier alpha value is -2.61. The number of hydrogen-bond donors (Lipinski definition) is 2. The summed E-state index contributed by atoms with van der Waals surface area (Å²) in [7, 11) is 0. The molecule has 2 aromatic rings. The second kappa shape index (κ2) is 6.02. The smallest absolute Gasteiger partial charge is 0.308 e. The second-order valence-electron chi connectivity index (χ2n) is 4.51. The van der Waals surface area contributed by atoms with Gasteiger partial charge in [0.1, 0.15) is 11.9 Å². The second-order valence-corrected chi connectivity index (χ2v) is 4.51. The molecular formula is C15H15N3O2. The van der Waals surface area contributed by atoms with Gasteiger partial charge in [0, 0.05) is 11.9 Å². The number of hydrogen-bond acceptors (Lipinski definition) is 4. The third-order valence-corrected chi connectivity index (χ3v) is 3.20. The Morgan fingerprint density at radius 1 is 1.50 bits per heavy atom. The lowest BCUT2D eigenvalue weighted by Gasteiger charge is -2.13. The zero-order chi connectivity index (χ0) is 14.5. The zero-order valence-corrected chi connectivity index (χ0v) is 11.1. The quantitative estimate of drug-likeness (QED) is 0.871. The molecule has 5 nitrogen and oxygen atoms in total. The Balaban J connectivity index is 2.29. The maximum Gasteiger partial charge on any atom is 0.308 e. The Labute approximate surface area is 116 Å². The lowest BCUT2D eigenvalue weighted by molar-refractivity contribution is -0.141. The molecule has 1 heterocycles. The van der Waals surface area contributed by atoms with Gasteiger partial charge in [-0.2, -0.15) is 5.26 Å². The van der Waals surface area contributed by atoms with E-state index in [2.05, 4.69) is 16.4 Å². The van der Waals surface area contributed by atoms with Crippen LogP contribution in [0.2, 0.25) is 0 Å². The Morgan fingerprint density at radius 3 is 2.90 bits per heavy atom. The standard InChI is InChI=1S/C15H15N3O2/c1-2-10(15(19)20)9-17-14-12(8-16)7-11-5-3-4-6-13(11)18-14/h3-7,10H,2,9H2,1H3,(H,17,18)(H,19,20). The predicted molar refractivity (Wildman–Crippen MR) is 76.4 cm³/mol. The molecule has 0 saturated heterocycles. The largest absolute Gasteiger partial charge is 0.481 e. The number of carbonyl (C=O) groups is 1. The molecule has 2 N–H and O–H groups in total. The molecule has 1 aromatic heterocycles. The van der Waals surface area contributed by atoms with E-state index >= 15 is 0 Å². The van der Waals surface area contributed by atoms with Crippen molar-refractivity contribution in [1.82, 2.24) is 4.98 Å². The van der Waals surface area contributed by atoms with Crippen molar-refractivity contribution in [3.05, 3.63) is 35.9 Å². The van der Waals surface area contributed by atoms with Gasteiger partial charge in [-0.3, -0.25) is 4.79 Å². The fraction of sp³-hybridized carbons (Fsp3) is 0.267. The van der Waals surface area contributed by atoms with Crippen LogP contribution in [0, 0.1) is 17.2 Å². The van der Waals surface area contributed by atoms with Gasteiger partial charge in [0.2, 0.25) is 0 Å². The average molecular weight is 269 g/mol. The van der Waals surface area contributed by atoms with Crippen LogP contribution in [0.3, 0.4) is 0 Å². The van der Waals surface area contributed by atoms with Crippen molar-refractivity contribution in [1.29, 1.82) is 5.26 Å². The fourth-order valence-electron chi connectivity index (χ4n) is 1.96. The Kier molecular flexibility index (Phi) is 4.16. The van der Waals surface area contributed by atoms with Crippen LogP contribution in [-0.4, -0.2) is 22.6 Å². The van der Waals surface area contributed by atoms with E-state index in [1.807, 2.05) is 31.2 Å². The Bertz CT molecular complexity index is 676. The summed E-state index contributed by atoms with van der Waals surface area (Å²) < 4.78 is 0. The number of pyridine rings is 1. The molecule has 0 aliphatic rings. The molecule has 1 unspecified atom stereocenters. The van der Waals surface area contributed by atoms with Gasteiger partial charge in [-0.15, -0.1) is 0 Å². The van der Waals surface area contributed by atoms with Crippen molar-refractivity contribution < 1.29 is 9.90 Å². The first-order valence-corrected chi connectivity index (χ1v) is 6.42. The molecule has 1 aromatic carbocycles. The summed E-state index contributed by atoms with van der Waals surface area (Å²) in [4.78, 5) is 15.4. The van der Waals surface area contributed by atoms with Crippen molar-refractivity contribution >= 4 is 22.7 Å². The van der Waals surface area contributed by atoms with E-state index in [-0.39, 0.29) is 6.54 Å². The van der Waals surface area contributed by atoms with Crippen LogP contribution < -0.4 is 5.32 Å². The normalized spacial score (nSPS) is 11.8. The van der Waals surface area contributed by atoms with Gasteiger partial charge < -0.3 is 10.4 Å². The molecule has 0 spiro atoms. The number of anilines is 1. The molecular weight excluding hydrogens is 254 g/mol. The molecule has 5 heteroatoms. The van der Waals surface area contributed by atoms with E-state index < -0.39 is 11.9 Å². The van der Waals surface area contributed by atoms with Gasteiger partial charge in [0.25, 0.3) is 0 Å². The summed E-state index contributed by atoms with van der Waals surface area (Å²) in [5.74, 6) is -0.903. The summed E-state index contributed by atoms with van der Waals surface area (Å²) in [6.07, 6.45) is 0.526. The number of fused-ring (bicyclic) bond motifs is 1. The minimum atomic E-state index is -0.848. The van der Waals surface area contributed by atoms with E-state index in [0.29, 0.717) is 17.8 Å². The number of nitrogens with one attached hydrogen (secondary N) is 1. The highest BCUT2D eigenvalue weighted by molar-refractivity contribution is 5.83. The highest BCUT2D eigenvalue weighted by atomic mass is 16.4. The van der Waals surface area contributed by atoms with Crippen LogP contribution in [0.25, 0.3) is 10.9 Å². The topological polar surface area (TPSA) is 86.0 Å². The molecule has 1 atom stereocenters. The molecule has 0 aliphatic carbocycles. The van der Waals surface area contributed by atoms with Crippen molar-refractivity contribution in [2.75, 3.05) is 11.9 Å². The van der Waals surface area contributed by atoms with Crippen LogP contribution in [-0.2, 0) is 4.79 Å². The van der Waals surface area contributed by atoms with Gasteiger partial charge in [0.15, 0.2) is 0 Å². The van der Waals surface area contributed by atoms with Gasteiger partial charge in [-0.25, -0.2) is 4.98 Å². The molecule has 102 valence electrons. The van der Waals surface area contributed by atoms with E-state index in [0.717, 1.165) is 10.9 Å². The molecule has 0 amide bonds. The highest BCUT2D eigenvalue weighted by Gasteiger charge is 2.16. The summed E-state index contributed by atoms with van der Waals surface area (Å²) >= 11 is 0. The van der Waals surface area contributed by atoms with Gasteiger partial charge in [0.05, 0.1) is 17.0 Å². The number of para-hydroxylation sites is 1. The van der Waals surface area contributed by atoms with Gasteiger partial charge >= 0.3 is 5.97 Å². The van der Waals surface area contributed by atoms with Crippen LogP contribution in [0.1, 0.15) is 18.9 Å². The summed E-state index contributed by atoms with van der Waals surface area (Å²) in [6, 6.07) is 11.3. The third kappa shape index (κ3) is 2.86. The molecule has 0 radical (unpaired) electrons. The third-order valence-electron chi connectivity index (χ3n) is 3.20. The molecule has 0 aliphatic heterocycles. The maximum atomic E-state index is 11.0. The van der Waals surface area contributed by atoms with Crippen LogP contribution in [0.5, 0.6) is 0 Å². The molecule has 2 rings (SSSR count). The molecule has 0 bridgehead atoms. The number of carboxylic acids is 1. The minimum absolute atomic E-state index is 0.256. The van der Waals surface area contributed by atoms with Gasteiger partial charge in [-0.05, 0) is 18.6 Å². The van der Waals surface area contributed by atoms with E-state index in [1.165, 1.54) is 0 Å². The first kappa shape index (κ1) is 13.8. The van der Waals surface area contributed by atoms with Crippen LogP contribution in [0.15, 0.2) is 30.3 Å². The van der Waals surface area contributed by atoms with Crippen molar-refractivity contribution in [2.24, 2.45) is 5.92 Å². The zero-order valence-electron chi connectivity index (χ0n) is 11.1. The van der Waals surface area contributed by atoms with E-state index in [9.17, 15) is 4.79 Å². The van der Waals surface area contributed by atoms with Gasteiger partial charge in [-0.1, -0.05) is 25.1 Å². The fourth-order valence-corrected chi connectivity index (χ4v) is 1.96. The number of aromatic nitrogens is 1.